The molecule has 0 bridgehead atoms. The predicted octanol–water partition coefficient (Wildman–Crippen LogP) is 0.808. The van der Waals surface area contributed by atoms with Crippen molar-refractivity contribution in [2.75, 3.05) is 39.8 Å². The molecule has 1 atom stereocenters. The highest BCUT2D eigenvalue weighted by molar-refractivity contribution is 7.09. The number of likely N-dealkylation sites (N-methyl/N-ethyl adjacent to an activating group) is 1. The minimum Gasteiger partial charge on any atom is -0.353 e. The summed E-state index contributed by atoms with van der Waals surface area (Å²) in [6, 6.07) is 7.99. The van der Waals surface area contributed by atoms with Gasteiger partial charge in [0.15, 0.2) is 0 Å². The van der Waals surface area contributed by atoms with Gasteiger partial charge in [-0.05, 0) is 30.6 Å². The first-order valence-electron chi connectivity index (χ1n) is 9.17. The highest BCUT2D eigenvalue weighted by Gasteiger charge is 2.26. The molecule has 0 saturated carbocycles. The van der Waals surface area contributed by atoms with Gasteiger partial charge in [0, 0.05) is 56.5 Å². The number of nitrogens with zero attached hydrogens (tertiary/aromatic N) is 3. The maximum Gasteiger partial charge on any atom is 0.309 e. The smallest absolute Gasteiger partial charge is 0.309 e. The van der Waals surface area contributed by atoms with E-state index >= 15 is 0 Å². The fraction of sp³-hybridized carbons (Fsp3) is 0.474. The molecule has 1 fully saturated rings. The number of hydrogen-bond acceptors (Lipinski definition) is 5. The summed E-state index contributed by atoms with van der Waals surface area (Å²) >= 11 is 1.55. The summed E-state index contributed by atoms with van der Waals surface area (Å²) < 4.78 is 2.08. The largest absolute Gasteiger partial charge is 0.353 e. The quantitative estimate of drug-likeness (QED) is 0.718. The lowest BCUT2D eigenvalue weighted by Crippen LogP contribution is -2.50. The van der Waals surface area contributed by atoms with Crippen LogP contribution in [0.3, 0.4) is 0 Å². The predicted molar refractivity (Wildman–Crippen MR) is 106 cm³/mol. The minimum absolute atomic E-state index is 0.0488. The van der Waals surface area contributed by atoms with Crippen LogP contribution in [0.2, 0.25) is 0 Å². The molecule has 0 aliphatic carbocycles. The molecular formula is C19H27N5O2S. The monoisotopic (exact) mass is 389 g/mol. The molecule has 0 radical (unpaired) electrons. The van der Waals surface area contributed by atoms with Gasteiger partial charge < -0.3 is 20.1 Å². The van der Waals surface area contributed by atoms with E-state index in [1.807, 2.05) is 36.8 Å². The van der Waals surface area contributed by atoms with E-state index in [4.69, 9.17) is 0 Å². The van der Waals surface area contributed by atoms with Crippen molar-refractivity contribution in [3.63, 3.8) is 0 Å². The van der Waals surface area contributed by atoms with Gasteiger partial charge in [0.1, 0.15) is 0 Å². The first-order valence-corrected chi connectivity index (χ1v) is 10.0. The first kappa shape index (κ1) is 19.6. The standard InChI is InChI=1S/C19H27N5O2S/c1-22-8-10-24(11-9-22)17(16-6-3-7-23(16)2)14-21-19(26)18(25)20-13-15-5-4-12-27-15/h3-7,12,17H,8-11,13-14H2,1-2H3,(H,20,25)(H,21,26). The molecule has 2 amide bonds. The van der Waals surface area contributed by atoms with Crippen LogP contribution >= 0.6 is 11.3 Å². The van der Waals surface area contributed by atoms with Gasteiger partial charge >= 0.3 is 11.8 Å². The topological polar surface area (TPSA) is 69.6 Å². The van der Waals surface area contributed by atoms with Crippen molar-refractivity contribution in [3.05, 3.63) is 46.4 Å². The summed E-state index contributed by atoms with van der Waals surface area (Å²) in [6.45, 7) is 4.66. The molecule has 1 unspecified atom stereocenters. The van der Waals surface area contributed by atoms with Gasteiger partial charge in [-0.3, -0.25) is 14.5 Å². The molecule has 0 aromatic carbocycles. The van der Waals surface area contributed by atoms with Crippen LogP contribution in [0.5, 0.6) is 0 Å². The Hall–Kier alpha value is -2.16. The van der Waals surface area contributed by atoms with Crippen molar-refractivity contribution < 1.29 is 9.59 Å². The van der Waals surface area contributed by atoms with Gasteiger partial charge in [-0.1, -0.05) is 6.07 Å². The molecule has 8 heteroatoms. The average molecular weight is 390 g/mol. The fourth-order valence-corrected chi connectivity index (χ4v) is 3.95. The molecule has 2 aromatic heterocycles. The molecule has 1 saturated heterocycles. The Labute approximate surface area is 163 Å². The first-order chi connectivity index (χ1) is 13.0. The molecule has 1 aliphatic heterocycles. The van der Waals surface area contributed by atoms with Crippen LogP contribution in [0.25, 0.3) is 0 Å². The third-order valence-electron chi connectivity index (χ3n) is 4.97. The number of piperazine rings is 1. The van der Waals surface area contributed by atoms with Crippen molar-refractivity contribution in [3.8, 4) is 0 Å². The lowest BCUT2D eigenvalue weighted by molar-refractivity contribution is -0.139. The molecule has 3 heterocycles. The Morgan fingerprint density at radius 1 is 1.07 bits per heavy atom. The Morgan fingerprint density at radius 2 is 1.81 bits per heavy atom. The fourth-order valence-electron chi connectivity index (χ4n) is 3.31. The Bertz CT molecular complexity index is 750. The van der Waals surface area contributed by atoms with Crippen LogP contribution in [0.15, 0.2) is 35.8 Å². The van der Waals surface area contributed by atoms with Gasteiger partial charge in [-0.2, -0.15) is 0 Å². The molecule has 3 rings (SSSR count). The number of rotatable bonds is 6. The number of nitrogens with one attached hydrogen (secondary N) is 2. The summed E-state index contributed by atoms with van der Waals surface area (Å²) in [4.78, 5) is 30.0. The van der Waals surface area contributed by atoms with Crippen LogP contribution < -0.4 is 10.6 Å². The van der Waals surface area contributed by atoms with Crippen LogP contribution in [-0.2, 0) is 23.2 Å². The van der Waals surface area contributed by atoms with Crippen LogP contribution in [0.1, 0.15) is 16.6 Å². The molecular weight excluding hydrogens is 362 g/mol. The summed E-state index contributed by atoms with van der Waals surface area (Å²) in [5, 5.41) is 7.44. The SMILES string of the molecule is CN1CCN(C(CNC(=O)C(=O)NCc2cccs2)c2cccn2C)CC1. The number of aromatic nitrogens is 1. The second kappa shape index (κ2) is 9.16. The van der Waals surface area contributed by atoms with E-state index in [0.717, 1.165) is 36.8 Å². The van der Waals surface area contributed by atoms with Gasteiger partial charge in [0.25, 0.3) is 0 Å². The Kier molecular flexibility index (Phi) is 6.65. The number of aryl methyl sites for hydroxylation is 1. The average Bonchev–Trinajstić information content (AvgIpc) is 3.33. The van der Waals surface area contributed by atoms with Gasteiger partial charge in [-0.15, -0.1) is 11.3 Å². The lowest BCUT2D eigenvalue weighted by Gasteiger charge is -2.38. The Morgan fingerprint density at radius 3 is 2.44 bits per heavy atom. The zero-order chi connectivity index (χ0) is 19.2. The maximum absolute atomic E-state index is 12.2. The van der Waals surface area contributed by atoms with E-state index in [1.54, 1.807) is 11.3 Å². The number of carbonyl (C=O) groups is 2. The van der Waals surface area contributed by atoms with E-state index in [2.05, 4.69) is 38.1 Å². The van der Waals surface area contributed by atoms with E-state index in [9.17, 15) is 9.59 Å². The van der Waals surface area contributed by atoms with Crippen molar-refractivity contribution in [2.45, 2.75) is 12.6 Å². The molecule has 0 spiro atoms. The normalized spacial score (nSPS) is 16.8. The van der Waals surface area contributed by atoms with E-state index in [1.165, 1.54) is 0 Å². The summed E-state index contributed by atoms with van der Waals surface area (Å²) in [7, 11) is 4.13. The molecule has 2 aromatic rings. The number of thiophene rings is 1. The number of amides is 2. The lowest BCUT2D eigenvalue weighted by atomic mass is 10.1. The highest BCUT2D eigenvalue weighted by atomic mass is 32.1. The summed E-state index contributed by atoms with van der Waals surface area (Å²) in [5.74, 6) is -1.17. The molecule has 2 N–H and O–H groups in total. The minimum atomic E-state index is -0.590. The maximum atomic E-state index is 12.2. The van der Waals surface area contributed by atoms with Gasteiger partial charge in [0.2, 0.25) is 0 Å². The Balaban J connectivity index is 1.57. The van der Waals surface area contributed by atoms with Crippen molar-refractivity contribution >= 4 is 23.2 Å². The van der Waals surface area contributed by atoms with Crippen LogP contribution in [0, 0.1) is 0 Å². The molecule has 7 nitrogen and oxygen atoms in total. The molecule has 27 heavy (non-hydrogen) atoms. The second-order valence-electron chi connectivity index (χ2n) is 6.87. The number of hydrogen-bond donors (Lipinski definition) is 2. The zero-order valence-corrected chi connectivity index (χ0v) is 16.7. The second-order valence-corrected chi connectivity index (χ2v) is 7.90. The van der Waals surface area contributed by atoms with Crippen LogP contribution in [0.4, 0.5) is 0 Å². The summed E-state index contributed by atoms with van der Waals surface area (Å²) in [6.07, 6.45) is 2.01. The zero-order valence-electron chi connectivity index (χ0n) is 15.9. The van der Waals surface area contributed by atoms with E-state index in [-0.39, 0.29) is 6.04 Å². The van der Waals surface area contributed by atoms with Gasteiger partial charge in [0.05, 0.1) is 12.6 Å². The number of carbonyl (C=O) groups excluding carboxylic acids is 2. The summed E-state index contributed by atoms with van der Waals surface area (Å²) in [5.41, 5.74) is 1.14. The third kappa shape index (κ3) is 5.18. The third-order valence-corrected chi connectivity index (χ3v) is 5.85. The highest BCUT2D eigenvalue weighted by Crippen LogP contribution is 2.21. The van der Waals surface area contributed by atoms with Gasteiger partial charge in [-0.25, -0.2) is 0 Å². The van der Waals surface area contributed by atoms with Crippen LogP contribution in [-0.4, -0.2) is 66.0 Å². The van der Waals surface area contributed by atoms with Crippen molar-refractivity contribution in [1.82, 2.24) is 25.0 Å². The molecule has 146 valence electrons. The van der Waals surface area contributed by atoms with E-state index < -0.39 is 11.8 Å². The molecule has 1 aliphatic rings. The van der Waals surface area contributed by atoms with E-state index in [0.29, 0.717) is 13.1 Å². The van der Waals surface area contributed by atoms with Crippen molar-refractivity contribution in [2.24, 2.45) is 7.05 Å². The van der Waals surface area contributed by atoms with Crippen molar-refractivity contribution in [1.29, 1.82) is 0 Å².